The molecule has 0 bridgehead atoms. The van der Waals surface area contributed by atoms with Crippen LogP contribution in [-0.2, 0) is 4.74 Å². The Labute approximate surface area is 61.9 Å². The van der Waals surface area contributed by atoms with E-state index in [2.05, 4.69) is 5.32 Å². The van der Waals surface area contributed by atoms with Crippen molar-refractivity contribution in [2.75, 3.05) is 13.7 Å². The molecule has 2 aliphatic rings. The fourth-order valence-electron chi connectivity index (χ4n) is 2.27. The van der Waals surface area contributed by atoms with Crippen LogP contribution >= 0.6 is 0 Å². The van der Waals surface area contributed by atoms with E-state index in [1.54, 1.807) is 0 Å². The largest absolute Gasteiger partial charge is 0.376 e. The zero-order valence-electron chi connectivity index (χ0n) is 6.47. The molecule has 2 rings (SSSR count). The Hall–Kier alpha value is -0.0800. The summed E-state index contributed by atoms with van der Waals surface area (Å²) in [5, 5.41) is 3.31. The maximum atomic E-state index is 5.62. The van der Waals surface area contributed by atoms with E-state index in [9.17, 15) is 0 Å². The van der Waals surface area contributed by atoms with Gasteiger partial charge in [-0.3, -0.25) is 0 Å². The Bertz CT molecular complexity index is 126. The number of fused-ring (bicyclic) bond motifs is 1. The molecular weight excluding hydrogens is 126 g/mol. The van der Waals surface area contributed by atoms with Crippen molar-refractivity contribution in [2.45, 2.75) is 31.4 Å². The van der Waals surface area contributed by atoms with E-state index in [1.807, 2.05) is 7.05 Å². The second-order valence-electron chi connectivity index (χ2n) is 3.36. The van der Waals surface area contributed by atoms with Crippen molar-refractivity contribution < 1.29 is 4.74 Å². The number of ether oxygens (including phenoxy) is 1. The van der Waals surface area contributed by atoms with Gasteiger partial charge in [0, 0.05) is 12.0 Å². The molecule has 0 aromatic carbocycles. The lowest BCUT2D eigenvalue weighted by Gasteiger charge is -2.13. The van der Waals surface area contributed by atoms with Gasteiger partial charge in [0.2, 0.25) is 0 Å². The maximum Gasteiger partial charge on any atom is 0.0627 e. The standard InChI is InChI=1S/C8H15NO/c1-9-7-5-10-8-4-2-3-6(7)8/h6-9H,2-5H2,1H3. The summed E-state index contributed by atoms with van der Waals surface area (Å²) in [6, 6.07) is 0.646. The van der Waals surface area contributed by atoms with Crippen LogP contribution in [0.5, 0.6) is 0 Å². The summed E-state index contributed by atoms with van der Waals surface area (Å²) in [6.45, 7) is 0.936. The highest BCUT2D eigenvalue weighted by atomic mass is 16.5. The third kappa shape index (κ3) is 0.867. The summed E-state index contributed by atoms with van der Waals surface area (Å²) in [7, 11) is 2.04. The first-order valence-electron chi connectivity index (χ1n) is 4.20. The molecule has 10 heavy (non-hydrogen) atoms. The fourth-order valence-corrected chi connectivity index (χ4v) is 2.27. The van der Waals surface area contributed by atoms with Gasteiger partial charge >= 0.3 is 0 Å². The Kier molecular flexibility index (Phi) is 1.66. The highest BCUT2D eigenvalue weighted by molar-refractivity contribution is 4.91. The predicted octanol–water partition coefficient (Wildman–Crippen LogP) is 0.773. The summed E-state index contributed by atoms with van der Waals surface area (Å²) in [6.07, 6.45) is 4.63. The van der Waals surface area contributed by atoms with Crippen molar-refractivity contribution >= 4 is 0 Å². The molecule has 1 aliphatic carbocycles. The van der Waals surface area contributed by atoms with Crippen LogP contribution in [0.25, 0.3) is 0 Å². The van der Waals surface area contributed by atoms with Gasteiger partial charge in [0.05, 0.1) is 12.7 Å². The molecule has 3 unspecified atom stereocenters. The maximum absolute atomic E-state index is 5.62. The zero-order chi connectivity index (χ0) is 6.97. The lowest BCUT2D eigenvalue weighted by atomic mass is 10.0. The second-order valence-corrected chi connectivity index (χ2v) is 3.36. The van der Waals surface area contributed by atoms with E-state index >= 15 is 0 Å². The Morgan fingerprint density at radius 3 is 3.10 bits per heavy atom. The summed E-state index contributed by atoms with van der Waals surface area (Å²) in [4.78, 5) is 0. The van der Waals surface area contributed by atoms with Crippen LogP contribution in [0.4, 0.5) is 0 Å². The van der Waals surface area contributed by atoms with E-state index < -0.39 is 0 Å². The van der Waals surface area contributed by atoms with Crippen LogP contribution in [0.3, 0.4) is 0 Å². The molecule has 0 amide bonds. The van der Waals surface area contributed by atoms with Gasteiger partial charge in [0.25, 0.3) is 0 Å². The van der Waals surface area contributed by atoms with E-state index in [0.717, 1.165) is 12.5 Å². The van der Waals surface area contributed by atoms with Gasteiger partial charge in [0.1, 0.15) is 0 Å². The molecule has 0 spiro atoms. The normalized spacial score (nSPS) is 45.9. The van der Waals surface area contributed by atoms with Crippen molar-refractivity contribution in [3.63, 3.8) is 0 Å². The van der Waals surface area contributed by atoms with E-state index in [1.165, 1.54) is 19.3 Å². The van der Waals surface area contributed by atoms with Gasteiger partial charge in [0.15, 0.2) is 0 Å². The van der Waals surface area contributed by atoms with Crippen molar-refractivity contribution in [1.29, 1.82) is 0 Å². The fraction of sp³-hybridized carbons (Fsp3) is 1.00. The minimum atomic E-state index is 0.595. The van der Waals surface area contributed by atoms with Crippen molar-refractivity contribution in [2.24, 2.45) is 5.92 Å². The molecule has 2 nitrogen and oxygen atoms in total. The molecule has 2 heteroatoms. The first kappa shape index (κ1) is 6.62. The molecule has 0 aromatic heterocycles. The van der Waals surface area contributed by atoms with Crippen molar-refractivity contribution in [3.05, 3.63) is 0 Å². The lowest BCUT2D eigenvalue weighted by Crippen LogP contribution is -2.32. The summed E-state index contributed by atoms with van der Waals surface area (Å²) in [5.74, 6) is 0.824. The molecule has 3 atom stereocenters. The molecule has 1 saturated heterocycles. The average molecular weight is 141 g/mol. The minimum Gasteiger partial charge on any atom is -0.376 e. The molecule has 0 radical (unpaired) electrons. The number of nitrogens with one attached hydrogen (secondary N) is 1. The molecule has 0 aromatic rings. The first-order chi connectivity index (χ1) is 4.92. The van der Waals surface area contributed by atoms with Gasteiger partial charge in [-0.25, -0.2) is 0 Å². The Morgan fingerprint density at radius 2 is 2.30 bits per heavy atom. The van der Waals surface area contributed by atoms with Crippen LogP contribution in [0.1, 0.15) is 19.3 Å². The molecule has 2 fully saturated rings. The van der Waals surface area contributed by atoms with Crippen LogP contribution < -0.4 is 5.32 Å². The highest BCUT2D eigenvalue weighted by Crippen LogP contribution is 2.35. The third-order valence-electron chi connectivity index (χ3n) is 2.88. The third-order valence-corrected chi connectivity index (χ3v) is 2.88. The zero-order valence-corrected chi connectivity index (χ0v) is 6.47. The molecule has 1 N–H and O–H groups in total. The van der Waals surface area contributed by atoms with Crippen molar-refractivity contribution in [1.82, 2.24) is 5.32 Å². The SMILES string of the molecule is CNC1COC2CCCC12. The van der Waals surface area contributed by atoms with Gasteiger partial charge in [-0.1, -0.05) is 6.42 Å². The number of likely N-dealkylation sites (N-methyl/N-ethyl adjacent to an activating group) is 1. The average Bonchev–Trinajstić information content (AvgIpc) is 2.44. The molecule has 58 valence electrons. The Balaban J connectivity index is 2.01. The number of rotatable bonds is 1. The monoisotopic (exact) mass is 141 g/mol. The van der Waals surface area contributed by atoms with Crippen molar-refractivity contribution in [3.8, 4) is 0 Å². The van der Waals surface area contributed by atoms with E-state index in [0.29, 0.717) is 12.1 Å². The quantitative estimate of drug-likeness (QED) is 0.582. The van der Waals surface area contributed by atoms with Gasteiger partial charge < -0.3 is 10.1 Å². The topological polar surface area (TPSA) is 21.3 Å². The number of hydrogen-bond donors (Lipinski definition) is 1. The molecule has 1 aliphatic heterocycles. The molecule has 1 saturated carbocycles. The summed E-state index contributed by atoms with van der Waals surface area (Å²) >= 11 is 0. The van der Waals surface area contributed by atoms with Gasteiger partial charge in [-0.2, -0.15) is 0 Å². The van der Waals surface area contributed by atoms with Crippen LogP contribution in [0.15, 0.2) is 0 Å². The van der Waals surface area contributed by atoms with E-state index in [4.69, 9.17) is 4.74 Å². The number of hydrogen-bond acceptors (Lipinski definition) is 2. The van der Waals surface area contributed by atoms with E-state index in [-0.39, 0.29) is 0 Å². The van der Waals surface area contributed by atoms with Gasteiger partial charge in [-0.15, -0.1) is 0 Å². The smallest absolute Gasteiger partial charge is 0.0627 e. The van der Waals surface area contributed by atoms with Crippen LogP contribution in [-0.4, -0.2) is 25.8 Å². The minimum absolute atomic E-state index is 0.595. The highest BCUT2D eigenvalue weighted by Gasteiger charge is 2.39. The Morgan fingerprint density at radius 1 is 1.40 bits per heavy atom. The van der Waals surface area contributed by atoms with Crippen LogP contribution in [0, 0.1) is 5.92 Å². The summed E-state index contributed by atoms with van der Waals surface area (Å²) in [5.41, 5.74) is 0. The molecular formula is C8H15NO. The summed E-state index contributed by atoms with van der Waals surface area (Å²) < 4.78 is 5.62. The predicted molar refractivity (Wildman–Crippen MR) is 39.9 cm³/mol. The lowest BCUT2D eigenvalue weighted by molar-refractivity contribution is 0.101. The first-order valence-corrected chi connectivity index (χ1v) is 4.20. The van der Waals surface area contributed by atoms with Gasteiger partial charge in [-0.05, 0) is 19.9 Å². The second kappa shape index (κ2) is 2.51. The van der Waals surface area contributed by atoms with Crippen LogP contribution in [0.2, 0.25) is 0 Å². The molecule has 1 heterocycles.